The van der Waals surface area contributed by atoms with Gasteiger partial charge in [0.1, 0.15) is 5.82 Å². The molecule has 96 valence electrons. The second-order valence-corrected chi connectivity index (χ2v) is 4.45. The van der Waals surface area contributed by atoms with Gasteiger partial charge in [0, 0.05) is 18.9 Å². The molecule has 0 saturated carbocycles. The van der Waals surface area contributed by atoms with Crippen LogP contribution in [0.3, 0.4) is 0 Å². The maximum atomic E-state index is 5.92. The van der Waals surface area contributed by atoms with Crippen LogP contribution in [0.2, 0.25) is 0 Å². The zero-order chi connectivity index (χ0) is 13.1. The number of nitrogens with zero attached hydrogens (tertiary/aromatic N) is 3. The van der Waals surface area contributed by atoms with Crippen molar-refractivity contribution in [3.05, 3.63) is 41.5 Å². The lowest BCUT2D eigenvalue weighted by Crippen LogP contribution is -2.07. The maximum absolute atomic E-state index is 5.92. The van der Waals surface area contributed by atoms with Crippen molar-refractivity contribution < 1.29 is 0 Å². The van der Waals surface area contributed by atoms with Crippen LogP contribution in [0.25, 0.3) is 5.69 Å². The van der Waals surface area contributed by atoms with Gasteiger partial charge in [-0.05, 0) is 24.6 Å². The van der Waals surface area contributed by atoms with E-state index >= 15 is 0 Å². The summed E-state index contributed by atoms with van der Waals surface area (Å²) in [5.74, 6) is 1.88. The van der Waals surface area contributed by atoms with Crippen LogP contribution < -0.4 is 5.73 Å². The van der Waals surface area contributed by atoms with Crippen LogP contribution in [-0.2, 0) is 12.8 Å². The van der Waals surface area contributed by atoms with E-state index in [4.69, 9.17) is 5.73 Å². The van der Waals surface area contributed by atoms with Gasteiger partial charge < -0.3 is 5.73 Å². The molecular weight excluding hydrogens is 224 g/mol. The molecule has 0 radical (unpaired) electrons. The van der Waals surface area contributed by atoms with E-state index in [1.165, 1.54) is 0 Å². The van der Waals surface area contributed by atoms with E-state index in [1.807, 2.05) is 29.8 Å². The summed E-state index contributed by atoms with van der Waals surface area (Å²) in [5, 5.41) is 4.53. The average molecular weight is 244 g/mol. The van der Waals surface area contributed by atoms with Crippen LogP contribution in [0.1, 0.15) is 44.0 Å². The highest BCUT2D eigenvalue weighted by Crippen LogP contribution is 2.16. The third-order valence-electron chi connectivity index (χ3n) is 2.99. The molecular formula is C14H20N4. The number of aromatic nitrogens is 3. The van der Waals surface area contributed by atoms with Gasteiger partial charge in [-0.2, -0.15) is 5.10 Å². The summed E-state index contributed by atoms with van der Waals surface area (Å²) in [6, 6.07) is 8.21. The highest BCUT2D eigenvalue weighted by molar-refractivity contribution is 5.37. The molecule has 4 nitrogen and oxygen atoms in total. The van der Waals surface area contributed by atoms with Gasteiger partial charge in [0.2, 0.25) is 0 Å². The predicted octanol–water partition coefficient (Wildman–Crippen LogP) is 2.41. The van der Waals surface area contributed by atoms with E-state index in [-0.39, 0.29) is 6.04 Å². The Morgan fingerprint density at radius 3 is 2.67 bits per heavy atom. The van der Waals surface area contributed by atoms with Crippen molar-refractivity contribution in [2.45, 2.75) is 39.7 Å². The monoisotopic (exact) mass is 244 g/mol. The van der Waals surface area contributed by atoms with Crippen molar-refractivity contribution in [3.8, 4) is 5.69 Å². The Morgan fingerprint density at radius 2 is 2.06 bits per heavy atom. The van der Waals surface area contributed by atoms with Crippen molar-refractivity contribution in [1.82, 2.24) is 14.8 Å². The molecule has 2 rings (SSSR count). The molecule has 4 heteroatoms. The summed E-state index contributed by atoms with van der Waals surface area (Å²) in [6.07, 6.45) is 1.72. The van der Waals surface area contributed by atoms with Gasteiger partial charge in [0.25, 0.3) is 0 Å². The highest BCUT2D eigenvalue weighted by atomic mass is 15.3. The van der Waals surface area contributed by atoms with Gasteiger partial charge in [0.15, 0.2) is 5.82 Å². The van der Waals surface area contributed by atoms with Crippen LogP contribution in [-0.4, -0.2) is 14.8 Å². The van der Waals surface area contributed by atoms with Crippen LogP contribution >= 0.6 is 0 Å². The van der Waals surface area contributed by atoms with Gasteiger partial charge in [-0.3, -0.25) is 0 Å². The Labute approximate surface area is 108 Å². The lowest BCUT2D eigenvalue weighted by molar-refractivity contribution is 0.778. The molecule has 1 unspecified atom stereocenters. The number of benzene rings is 1. The number of hydrogen-bond acceptors (Lipinski definition) is 3. The summed E-state index contributed by atoms with van der Waals surface area (Å²) >= 11 is 0. The minimum Gasteiger partial charge on any atom is -0.324 e. The summed E-state index contributed by atoms with van der Waals surface area (Å²) in [6.45, 7) is 6.14. The van der Waals surface area contributed by atoms with Gasteiger partial charge in [-0.15, -0.1) is 0 Å². The van der Waals surface area contributed by atoms with E-state index in [0.29, 0.717) is 0 Å². The van der Waals surface area contributed by atoms with Crippen molar-refractivity contribution in [1.29, 1.82) is 0 Å². The molecule has 1 aromatic carbocycles. The van der Waals surface area contributed by atoms with Gasteiger partial charge in [-0.1, -0.05) is 26.0 Å². The Hall–Kier alpha value is -1.68. The molecule has 1 atom stereocenters. The molecule has 0 fully saturated rings. The maximum Gasteiger partial charge on any atom is 0.151 e. The first kappa shape index (κ1) is 12.8. The van der Waals surface area contributed by atoms with E-state index in [2.05, 4.69) is 30.0 Å². The van der Waals surface area contributed by atoms with Crippen molar-refractivity contribution in [3.63, 3.8) is 0 Å². The lowest BCUT2D eigenvalue weighted by Gasteiger charge is -2.09. The molecule has 0 aliphatic rings. The molecule has 0 aliphatic heterocycles. The summed E-state index contributed by atoms with van der Waals surface area (Å²) < 4.78 is 1.92. The summed E-state index contributed by atoms with van der Waals surface area (Å²) in [7, 11) is 0. The zero-order valence-corrected chi connectivity index (χ0v) is 11.2. The first-order valence-corrected chi connectivity index (χ1v) is 6.46. The lowest BCUT2D eigenvalue weighted by atomic mass is 10.1. The van der Waals surface area contributed by atoms with Gasteiger partial charge in [-0.25, -0.2) is 9.67 Å². The largest absolute Gasteiger partial charge is 0.324 e. The second-order valence-electron chi connectivity index (χ2n) is 4.45. The normalized spacial score (nSPS) is 12.7. The molecule has 2 N–H and O–H groups in total. The number of nitrogens with two attached hydrogens (primary N) is 1. The Bertz CT molecular complexity index is 528. The van der Waals surface area contributed by atoms with Gasteiger partial charge in [0.05, 0.1) is 5.69 Å². The van der Waals surface area contributed by atoms with Crippen LogP contribution in [0.4, 0.5) is 0 Å². The number of aryl methyl sites for hydroxylation is 2. The molecule has 0 bridgehead atoms. The predicted molar refractivity (Wildman–Crippen MR) is 72.7 cm³/mol. The molecule has 0 aliphatic carbocycles. The van der Waals surface area contributed by atoms with Crippen LogP contribution in [0, 0.1) is 0 Å². The highest BCUT2D eigenvalue weighted by Gasteiger charge is 2.10. The molecule has 1 heterocycles. The minimum atomic E-state index is 0.0317. The van der Waals surface area contributed by atoms with E-state index < -0.39 is 0 Å². The Kier molecular flexibility index (Phi) is 3.77. The van der Waals surface area contributed by atoms with Crippen molar-refractivity contribution in [2.24, 2.45) is 5.73 Å². The molecule has 0 spiro atoms. The fourth-order valence-corrected chi connectivity index (χ4v) is 1.92. The molecule has 2 aromatic rings. The zero-order valence-electron chi connectivity index (χ0n) is 11.2. The molecule has 18 heavy (non-hydrogen) atoms. The van der Waals surface area contributed by atoms with Crippen LogP contribution in [0.15, 0.2) is 24.3 Å². The average Bonchev–Trinajstić information content (AvgIpc) is 2.82. The third-order valence-corrected chi connectivity index (χ3v) is 2.99. The first-order chi connectivity index (χ1) is 8.65. The Morgan fingerprint density at radius 1 is 1.28 bits per heavy atom. The quantitative estimate of drug-likeness (QED) is 0.898. The van der Waals surface area contributed by atoms with Gasteiger partial charge >= 0.3 is 0 Å². The summed E-state index contributed by atoms with van der Waals surface area (Å²) in [5.41, 5.74) is 8.07. The third kappa shape index (κ3) is 2.43. The number of hydrogen-bond donors (Lipinski definition) is 1. The second kappa shape index (κ2) is 5.31. The fraction of sp³-hybridized carbons (Fsp3) is 0.429. The smallest absolute Gasteiger partial charge is 0.151 e. The minimum absolute atomic E-state index is 0.0317. The topological polar surface area (TPSA) is 56.7 Å². The van der Waals surface area contributed by atoms with Crippen molar-refractivity contribution >= 4 is 0 Å². The van der Waals surface area contributed by atoms with E-state index in [1.54, 1.807) is 0 Å². The standard InChI is InChI=1S/C14H20N4/c1-4-13-16-14(5-2)18(17-13)12-8-6-7-11(9-12)10(3)15/h6-10H,4-5,15H2,1-3H3. The van der Waals surface area contributed by atoms with E-state index in [9.17, 15) is 0 Å². The Balaban J connectivity index is 2.47. The SMILES string of the molecule is CCc1nc(CC)n(-c2cccc(C(C)N)c2)n1. The van der Waals surface area contributed by atoms with Crippen molar-refractivity contribution in [2.75, 3.05) is 0 Å². The number of rotatable bonds is 4. The van der Waals surface area contributed by atoms with E-state index in [0.717, 1.165) is 35.7 Å². The van der Waals surface area contributed by atoms with Crippen LogP contribution in [0.5, 0.6) is 0 Å². The molecule has 0 saturated heterocycles. The molecule has 0 amide bonds. The first-order valence-electron chi connectivity index (χ1n) is 6.46. The molecule has 1 aromatic heterocycles. The summed E-state index contributed by atoms with van der Waals surface area (Å²) in [4.78, 5) is 4.52. The fourth-order valence-electron chi connectivity index (χ4n) is 1.92.